The number of rotatable bonds is 5. The summed E-state index contributed by atoms with van der Waals surface area (Å²) in [6.45, 7) is 1.97. The van der Waals surface area contributed by atoms with E-state index in [2.05, 4.69) is 5.32 Å². The molecule has 1 saturated carbocycles. The molecule has 0 bridgehead atoms. The molecule has 2 rings (SSSR count). The van der Waals surface area contributed by atoms with Crippen LogP contribution in [0.1, 0.15) is 38.2 Å². The normalized spacial score (nSPS) is 30.8. The van der Waals surface area contributed by atoms with Gasteiger partial charge in [0.15, 0.2) is 0 Å². The van der Waals surface area contributed by atoms with Gasteiger partial charge in [0, 0.05) is 6.54 Å². The molecule has 0 amide bonds. The van der Waals surface area contributed by atoms with Crippen LogP contribution in [0.2, 0.25) is 0 Å². The highest BCUT2D eigenvalue weighted by Crippen LogP contribution is 2.39. The number of alkyl halides is 1. The Hall–Kier alpha value is -1.46. The predicted octanol–water partition coefficient (Wildman–Crippen LogP) is 2.26. The zero-order valence-electron chi connectivity index (χ0n) is 12.2. The van der Waals surface area contributed by atoms with Crippen molar-refractivity contribution in [3.63, 3.8) is 0 Å². The summed E-state index contributed by atoms with van der Waals surface area (Å²) in [6.07, 6.45) is 0.665. The number of nitrogens with one attached hydrogen (secondary N) is 1. The van der Waals surface area contributed by atoms with Gasteiger partial charge < -0.3 is 10.2 Å². The van der Waals surface area contributed by atoms with Gasteiger partial charge in [-0.05, 0) is 38.2 Å². The van der Waals surface area contributed by atoms with Gasteiger partial charge in [-0.2, -0.15) is 0 Å². The minimum absolute atomic E-state index is 0.0543. The lowest BCUT2D eigenvalue weighted by atomic mass is 9.74. The Morgan fingerprint density at radius 1 is 1.29 bits per heavy atom. The van der Waals surface area contributed by atoms with Gasteiger partial charge in [-0.15, -0.1) is 0 Å². The molecule has 21 heavy (non-hydrogen) atoms. The maximum Gasteiger partial charge on any atom is 0.324 e. The van der Waals surface area contributed by atoms with Crippen LogP contribution in [0.25, 0.3) is 0 Å². The summed E-state index contributed by atoms with van der Waals surface area (Å²) in [4.78, 5) is 11.4. The molecular weight excluding hydrogens is 273 g/mol. The zero-order valence-corrected chi connectivity index (χ0v) is 12.2. The number of carboxylic acids is 1. The summed E-state index contributed by atoms with van der Waals surface area (Å²) in [5.41, 5.74) is -1.80. The van der Waals surface area contributed by atoms with E-state index < -0.39 is 23.3 Å². The number of carboxylic acid groups (broad SMARTS) is 1. The third-order valence-corrected chi connectivity index (χ3v) is 4.28. The van der Waals surface area contributed by atoms with Crippen LogP contribution in [0.3, 0.4) is 0 Å². The molecule has 1 aromatic carbocycles. The molecule has 1 atom stereocenters. The molecule has 3 N–H and O–H groups in total. The van der Waals surface area contributed by atoms with Gasteiger partial charge in [0.05, 0.1) is 5.60 Å². The number of aliphatic hydroxyl groups is 1. The Morgan fingerprint density at radius 3 is 2.38 bits per heavy atom. The minimum atomic E-state index is -1.82. The SMILES string of the molecule is CC1(O)CCC(F)(C(NCc2ccccc2)C(=O)O)CC1. The van der Waals surface area contributed by atoms with Crippen molar-refractivity contribution < 1.29 is 19.4 Å². The van der Waals surface area contributed by atoms with E-state index in [1.165, 1.54) is 0 Å². The third-order valence-electron chi connectivity index (χ3n) is 4.28. The third kappa shape index (κ3) is 4.02. The standard InChI is InChI=1S/C16H22FNO3/c1-15(21)7-9-16(17,10-8-15)13(14(19)20)18-11-12-5-3-2-4-6-12/h2-6,13,18,21H,7-11H2,1H3,(H,19,20). The Balaban J connectivity index is 2.03. The van der Waals surface area contributed by atoms with E-state index in [9.17, 15) is 19.4 Å². The van der Waals surface area contributed by atoms with Crippen molar-refractivity contribution in [2.45, 2.75) is 56.5 Å². The van der Waals surface area contributed by atoms with E-state index in [1.807, 2.05) is 30.3 Å². The van der Waals surface area contributed by atoms with Crippen molar-refractivity contribution in [3.05, 3.63) is 35.9 Å². The van der Waals surface area contributed by atoms with E-state index in [4.69, 9.17) is 0 Å². The molecule has 4 nitrogen and oxygen atoms in total. The average Bonchev–Trinajstić information content (AvgIpc) is 2.44. The number of carbonyl (C=O) groups is 1. The summed E-state index contributed by atoms with van der Waals surface area (Å²) in [5, 5.41) is 22.1. The van der Waals surface area contributed by atoms with E-state index in [0.717, 1.165) is 5.56 Å². The first-order valence-electron chi connectivity index (χ1n) is 7.24. The summed E-state index contributed by atoms with van der Waals surface area (Å²) in [6, 6.07) is 8.06. The Bertz CT molecular complexity index is 480. The van der Waals surface area contributed by atoms with Crippen LogP contribution < -0.4 is 5.32 Å². The molecule has 0 aliphatic heterocycles. The number of aliphatic carboxylic acids is 1. The second-order valence-corrected chi connectivity index (χ2v) is 6.17. The van der Waals surface area contributed by atoms with Crippen molar-refractivity contribution in [2.75, 3.05) is 0 Å². The second kappa shape index (κ2) is 6.12. The number of hydrogen-bond donors (Lipinski definition) is 3. The molecule has 0 aromatic heterocycles. The highest BCUT2D eigenvalue weighted by Gasteiger charge is 2.48. The van der Waals surface area contributed by atoms with Gasteiger partial charge in [0.25, 0.3) is 0 Å². The highest BCUT2D eigenvalue weighted by molar-refractivity contribution is 5.75. The molecular formula is C16H22FNO3. The first kappa shape index (κ1) is 15.9. The van der Waals surface area contributed by atoms with Crippen molar-refractivity contribution in [1.82, 2.24) is 5.32 Å². The molecule has 5 heteroatoms. The molecule has 0 radical (unpaired) electrons. The quantitative estimate of drug-likeness (QED) is 0.779. The first-order chi connectivity index (χ1) is 9.82. The van der Waals surface area contributed by atoms with Gasteiger partial charge >= 0.3 is 5.97 Å². The Labute approximate surface area is 124 Å². The molecule has 0 saturated heterocycles. The molecule has 0 spiro atoms. The van der Waals surface area contributed by atoms with Crippen LogP contribution in [0.5, 0.6) is 0 Å². The molecule has 1 unspecified atom stereocenters. The molecule has 0 heterocycles. The minimum Gasteiger partial charge on any atom is -0.480 e. The van der Waals surface area contributed by atoms with Crippen molar-refractivity contribution in [1.29, 1.82) is 0 Å². The van der Waals surface area contributed by atoms with Crippen LogP contribution in [-0.4, -0.2) is 33.5 Å². The Kier molecular flexibility index (Phi) is 4.64. The average molecular weight is 295 g/mol. The van der Waals surface area contributed by atoms with Crippen LogP contribution in [-0.2, 0) is 11.3 Å². The van der Waals surface area contributed by atoms with E-state index in [-0.39, 0.29) is 25.7 Å². The van der Waals surface area contributed by atoms with Gasteiger partial charge in [0.2, 0.25) is 0 Å². The molecule has 1 aliphatic rings. The van der Waals surface area contributed by atoms with Crippen LogP contribution in [0.15, 0.2) is 30.3 Å². The molecule has 1 fully saturated rings. The van der Waals surface area contributed by atoms with Gasteiger partial charge in [-0.3, -0.25) is 10.1 Å². The molecule has 1 aliphatic carbocycles. The lowest BCUT2D eigenvalue weighted by Crippen LogP contribution is -2.55. The summed E-state index contributed by atoms with van der Waals surface area (Å²) in [5.74, 6) is -1.19. The second-order valence-electron chi connectivity index (χ2n) is 6.17. The first-order valence-corrected chi connectivity index (χ1v) is 7.24. The van der Waals surface area contributed by atoms with E-state index in [0.29, 0.717) is 6.54 Å². The van der Waals surface area contributed by atoms with Crippen molar-refractivity contribution >= 4 is 5.97 Å². The topological polar surface area (TPSA) is 69.6 Å². The fraction of sp³-hybridized carbons (Fsp3) is 0.562. The largest absolute Gasteiger partial charge is 0.480 e. The summed E-state index contributed by atoms with van der Waals surface area (Å²) >= 11 is 0. The summed E-state index contributed by atoms with van der Waals surface area (Å²) in [7, 11) is 0. The van der Waals surface area contributed by atoms with Crippen LogP contribution in [0.4, 0.5) is 4.39 Å². The van der Waals surface area contributed by atoms with Crippen molar-refractivity contribution in [3.8, 4) is 0 Å². The van der Waals surface area contributed by atoms with Gasteiger partial charge in [0.1, 0.15) is 11.7 Å². The highest BCUT2D eigenvalue weighted by atomic mass is 19.1. The van der Waals surface area contributed by atoms with Gasteiger partial charge in [-0.25, -0.2) is 4.39 Å². The maximum absolute atomic E-state index is 15.0. The van der Waals surface area contributed by atoms with Crippen LogP contribution >= 0.6 is 0 Å². The van der Waals surface area contributed by atoms with E-state index >= 15 is 0 Å². The fourth-order valence-corrected chi connectivity index (χ4v) is 2.80. The predicted molar refractivity (Wildman–Crippen MR) is 77.6 cm³/mol. The number of hydrogen-bond acceptors (Lipinski definition) is 3. The van der Waals surface area contributed by atoms with Crippen molar-refractivity contribution in [2.24, 2.45) is 0 Å². The Morgan fingerprint density at radius 2 is 1.86 bits per heavy atom. The lowest BCUT2D eigenvalue weighted by molar-refractivity contribution is -0.147. The molecule has 1 aromatic rings. The summed E-state index contributed by atoms with van der Waals surface area (Å²) < 4.78 is 15.0. The maximum atomic E-state index is 15.0. The van der Waals surface area contributed by atoms with Gasteiger partial charge in [-0.1, -0.05) is 30.3 Å². The van der Waals surface area contributed by atoms with E-state index in [1.54, 1.807) is 6.92 Å². The fourth-order valence-electron chi connectivity index (χ4n) is 2.80. The lowest BCUT2D eigenvalue weighted by Gasteiger charge is -2.40. The number of benzene rings is 1. The smallest absolute Gasteiger partial charge is 0.324 e. The zero-order chi connectivity index (χ0) is 15.5. The monoisotopic (exact) mass is 295 g/mol. The molecule has 116 valence electrons. The number of halogens is 1. The van der Waals surface area contributed by atoms with Crippen LogP contribution in [0, 0.1) is 0 Å².